The Morgan fingerprint density at radius 3 is 2.73 bits per heavy atom. The highest BCUT2D eigenvalue weighted by atomic mass is 16.2. The van der Waals surface area contributed by atoms with E-state index in [1.807, 2.05) is 35.9 Å². The highest BCUT2D eigenvalue weighted by Gasteiger charge is 2.27. The van der Waals surface area contributed by atoms with Gasteiger partial charge in [-0.1, -0.05) is 24.3 Å². The minimum absolute atomic E-state index is 0.136. The molecule has 4 rings (SSSR count). The lowest BCUT2D eigenvalue weighted by Crippen LogP contribution is -2.42. The number of aryl methyl sites for hydroxylation is 1. The van der Waals surface area contributed by atoms with Gasteiger partial charge in [0, 0.05) is 26.4 Å². The van der Waals surface area contributed by atoms with E-state index in [9.17, 15) is 14.4 Å². The van der Waals surface area contributed by atoms with E-state index in [2.05, 4.69) is 20.9 Å². The van der Waals surface area contributed by atoms with E-state index in [1.54, 1.807) is 24.3 Å². The van der Waals surface area contributed by atoms with Crippen molar-refractivity contribution in [3.8, 4) is 0 Å². The summed E-state index contributed by atoms with van der Waals surface area (Å²) in [5.74, 6) is 0.0826. The van der Waals surface area contributed by atoms with Gasteiger partial charge in [-0.25, -0.2) is 4.98 Å². The number of carbonyl (C=O) groups is 3. The number of hydrogen-bond donors (Lipinski definition) is 3. The van der Waals surface area contributed by atoms with Crippen LogP contribution in [0.2, 0.25) is 0 Å². The van der Waals surface area contributed by atoms with Gasteiger partial charge in [-0.2, -0.15) is 0 Å². The summed E-state index contributed by atoms with van der Waals surface area (Å²) in [5.41, 5.74) is 2.88. The van der Waals surface area contributed by atoms with E-state index in [0.29, 0.717) is 24.2 Å². The lowest BCUT2D eigenvalue weighted by molar-refractivity contribution is -0.121. The predicted octanol–water partition coefficient (Wildman–Crippen LogP) is 1.76. The molecule has 0 spiro atoms. The fraction of sp³-hybridized carbons (Fsp3) is 0.273. The smallest absolute Gasteiger partial charge is 0.254 e. The molecule has 0 fully saturated rings. The van der Waals surface area contributed by atoms with Gasteiger partial charge in [0.15, 0.2) is 0 Å². The molecule has 2 aromatic carbocycles. The molecule has 3 N–H and O–H groups in total. The number of amides is 3. The Morgan fingerprint density at radius 2 is 1.90 bits per heavy atom. The summed E-state index contributed by atoms with van der Waals surface area (Å²) < 4.78 is 2.02. The number of hydrogen-bond acceptors (Lipinski definition) is 4. The first-order valence-corrected chi connectivity index (χ1v) is 9.90. The van der Waals surface area contributed by atoms with Crippen molar-refractivity contribution in [2.75, 3.05) is 11.9 Å². The fourth-order valence-electron chi connectivity index (χ4n) is 3.61. The van der Waals surface area contributed by atoms with E-state index in [0.717, 1.165) is 16.9 Å². The quantitative estimate of drug-likeness (QED) is 0.581. The van der Waals surface area contributed by atoms with Crippen LogP contribution >= 0.6 is 0 Å². The number of aromatic nitrogens is 2. The molecular formula is C22H23N5O3. The van der Waals surface area contributed by atoms with E-state index in [4.69, 9.17) is 0 Å². The van der Waals surface area contributed by atoms with Crippen LogP contribution < -0.4 is 16.0 Å². The molecule has 3 aromatic rings. The topological polar surface area (TPSA) is 105 Å². The van der Waals surface area contributed by atoms with Gasteiger partial charge in [0.05, 0.1) is 22.3 Å². The van der Waals surface area contributed by atoms with Crippen molar-refractivity contribution in [3.63, 3.8) is 0 Å². The molecule has 8 heteroatoms. The van der Waals surface area contributed by atoms with E-state index in [1.165, 1.54) is 0 Å². The van der Waals surface area contributed by atoms with Crippen LogP contribution in [0.3, 0.4) is 0 Å². The monoisotopic (exact) mass is 405 g/mol. The minimum Gasteiger partial charge on any atom is -0.356 e. The van der Waals surface area contributed by atoms with Crippen molar-refractivity contribution in [3.05, 3.63) is 59.9 Å². The molecule has 8 nitrogen and oxygen atoms in total. The Balaban J connectivity index is 1.28. The number of nitrogens with zero attached hydrogens (tertiary/aromatic N) is 2. The van der Waals surface area contributed by atoms with Gasteiger partial charge in [0.1, 0.15) is 11.9 Å². The zero-order valence-electron chi connectivity index (χ0n) is 16.6. The highest BCUT2D eigenvalue weighted by Crippen LogP contribution is 2.19. The lowest BCUT2D eigenvalue weighted by Gasteiger charge is -2.14. The van der Waals surface area contributed by atoms with Crippen LogP contribution in [0.4, 0.5) is 5.69 Å². The number of imidazole rings is 1. The first-order valence-electron chi connectivity index (χ1n) is 9.90. The molecule has 154 valence electrons. The molecule has 2 heterocycles. The van der Waals surface area contributed by atoms with Crippen molar-refractivity contribution in [1.82, 2.24) is 20.2 Å². The Kier molecular flexibility index (Phi) is 5.47. The van der Waals surface area contributed by atoms with Gasteiger partial charge >= 0.3 is 0 Å². The molecule has 1 aromatic heterocycles. The second-order valence-corrected chi connectivity index (χ2v) is 7.28. The van der Waals surface area contributed by atoms with Gasteiger partial charge in [-0.15, -0.1) is 0 Å². The van der Waals surface area contributed by atoms with Crippen LogP contribution in [0.5, 0.6) is 0 Å². The molecule has 0 saturated heterocycles. The summed E-state index contributed by atoms with van der Waals surface area (Å²) in [6, 6.07) is 14.0. The number of nitrogens with one attached hydrogen (secondary N) is 3. The Morgan fingerprint density at radius 1 is 1.13 bits per heavy atom. The van der Waals surface area contributed by atoms with E-state index < -0.39 is 6.04 Å². The summed E-state index contributed by atoms with van der Waals surface area (Å²) >= 11 is 0. The summed E-state index contributed by atoms with van der Waals surface area (Å²) in [7, 11) is 1.96. The number of para-hydroxylation sites is 3. The third-order valence-electron chi connectivity index (χ3n) is 5.26. The second-order valence-electron chi connectivity index (χ2n) is 7.28. The van der Waals surface area contributed by atoms with Crippen molar-refractivity contribution >= 4 is 34.4 Å². The molecule has 1 aliphatic heterocycles. The summed E-state index contributed by atoms with van der Waals surface area (Å²) in [6.07, 6.45) is 0.966. The third kappa shape index (κ3) is 4.03. The maximum atomic E-state index is 12.4. The van der Waals surface area contributed by atoms with E-state index in [-0.39, 0.29) is 30.6 Å². The van der Waals surface area contributed by atoms with Crippen molar-refractivity contribution in [2.45, 2.75) is 25.3 Å². The molecule has 0 radical (unpaired) electrons. The zero-order valence-corrected chi connectivity index (χ0v) is 16.6. The fourth-order valence-corrected chi connectivity index (χ4v) is 3.61. The van der Waals surface area contributed by atoms with Crippen LogP contribution in [-0.2, 0) is 23.1 Å². The van der Waals surface area contributed by atoms with Gasteiger partial charge in [-0.05, 0) is 30.7 Å². The molecule has 0 unspecified atom stereocenters. The van der Waals surface area contributed by atoms with Crippen molar-refractivity contribution in [2.24, 2.45) is 7.05 Å². The van der Waals surface area contributed by atoms with Crippen molar-refractivity contribution in [1.29, 1.82) is 0 Å². The van der Waals surface area contributed by atoms with Crippen molar-refractivity contribution < 1.29 is 14.4 Å². The maximum absolute atomic E-state index is 12.4. The molecule has 0 saturated carbocycles. The molecule has 0 aliphatic carbocycles. The van der Waals surface area contributed by atoms with Gasteiger partial charge in [-0.3, -0.25) is 14.4 Å². The number of anilines is 1. The molecular weight excluding hydrogens is 382 g/mol. The summed E-state index contributed by atoms with van der Waals surface area (Å²) in [5, 5.41) is 8.31. The molecule has 1 aliphatic rings. The Labute approximate surface area is 173 Å². The number of carbonyl (C=O) groups excluding carboxylic acids is 3. The van der Waals surface area contributed by atoms with Gasteiger partial charge < -0.3 is 20.5 Å². The lowest BCUT2D eigenvalue weighted by atomic mass is 10.1. The van der Waals surface area contributed by atoms with Gasteiger partial charge in [0.2, 0.25) is 11.8 Å². The average molecular weight is 405 g/mol. The summed E-state index contributed by atoms with van der Waals surface area (Å²) in [4.78, 5) is 41.5. The zero-order chi connectivity index (χ0) is 21.1. The Hall–Kier alpha value is -3.68. The second kappa shape index (κ2) is 8.36. The largest absolute Gasteiger partial charge is 0.356 e. The molecule has 0 bridgehead atoms. The summed E-state index contributed by atoms with van der Waals surface area (Å²) in [6.45, 7) is 0.449. The number of fused-ring (bicyclic) bond motifs is 2. The average Bonchev–Trinajstić information content (AvgIpc) is 3.00. The van der Waals surface area contributed by atoms with Crippen LogP contribution in [0.25, 0.3) is 11.0 Å². The van der Waals surface area contributed by atoms with Gasteiger partial charge in [0.25, 0.3) is 5.91 Å². The van der Waals surface area contributed by atoms with E-state index >= 15 is 0 Å². The van der Waals surface area contributed by atoms with Crippen LogP contribution in [-0.4, -0.2) is 39.9 Å². The van der Waals surface area contributed by atoms with Crippen LogP contribution in [0, 0.1) is 0 Å². The highest BCUT2D eigenvalue weighted by molar-refractivity contribution is 6.09. The van der Waals surface area contributed by atoms with Crippen LogP contribution in [0.15, 0.2) is 48.5 Å². The SMILES string of the molecule is Cn1c(CCNC(=O)CC[C@H]2NC(=O)c3ccccc3NC2=O)nc2ccccc21. The molecule has 3 amide bonds. The predicted molar refractivity (Wildman–Crippen MR) is 113 cm³/mol. The minimum atomic E-state index is -0.754. The number of rotatable bonds is 6. The first kappa shape index (κ1) is 19.6. The third-order valence-corrected chi connectivity index (χ3v) is 5.26. The molecule has 30 heavy (non-hydrogen) atoms. The molecule has 1 atom stereocenters. The normalized spacial score (nSPS) is 15.8. The maximum Gasteiger partial charge on any atom is 0.254 e. The number of benzene rings is 2. The van der Waals surface area contributed by atoms with Crippen LogP contribution in [0.1, 0.15) is 29.0 Å². The Bertz CT molecular complexity index is 1120. The first-order chi connectivity index (χ1) is 14.5. The standard InChI is InChI=1S/C22H23N5O3/c1-27-18-9-5-4-8-16(18)24-19(27)12-13-23-20(28)11-10-17-22(30)25-15-7-3-2-6-14(15)21(29)26-17/h2-9,17H,10-13H2,1H3,(H,23,28)(H,25,30)(H,26,29)/t17-/m1/s1.